The first-order valence-electron chi connectivity index (χ1n) is 6.74. The van der Waals surface area contributed by atoms with Crippen LogP contribution in [0.3, 0.4) is 0 Å². The molecule has 1 aromatic rings. The maximum Gasteiger partial charge on any atom is 0.114 e. The SMILES string of the molecule is Cc1cccc(N2CCN(CC(C)(N)C#N)CC2)c1. The molecule has 0 bridgehead atoms. The summed E-state index contributed by atoms with van der Waals surface area (Å²) in [4.78, 5) is 4.67. The number of benzene rings is 1. The van der Waals surface area contributed by atoms with Gasteiger partial charge in [-0.1, -0.05) is 12.1 Å². The Kier molecular flexibility index (Phi) is 4.08. The van der Waals surface area contributed by atoms with E-state index >= 15 is 0 Å². The summed E-state index contributed by atoms with van der Waals surface area (Å²) in [6.07, 6.45) is 0. The van der Waals surface area contributed by atoms with Crippen molar-refractivity contribution in [3.05, 3.63) is 29.8 Å². The van der Waals surface area contributed by atoms with Gasteiger partial charge in [0.05, 0.1) is 6.07 Å². The summed E-state index contributed by atoms with van der Waals surface area (Å²) in [6, 6.07) is 10.8. The Hall–Kier alpha value is -1.57. The van der Waals surface area contributed by atoms with E-state index in [-0.39, 0.29) is 0 Å². The van der Waals surface area contributed by atoms with Crippen molar-refractivity contribution in [2.45, 2.75) is 19.4 Å². The normalized spacial score (nSPS) is 19.8. The second-order valence-corrected chi connectivity index (χ2v) is 5.63. The molecular formula is C15H22N4. The molecule has 2 N–H and O–H groups in total. The predicted octanol–water partition coefficient (Wildman–Crippen LogP) is 1.36. The largest absolute Gasteiger partial charge is 0.369 e. The smallest absolute Gasteiger partial charge is 0.114 e. The highest BCUT2D eigenvalue weighted by atomic mass is 15.3. The lowest BCUT2D eigenvalue weighted by molar-refractivity contribution is 0.228. The van der Waals surface area contributed by atoms with E-state index in [1.54, 1.807) is 6.92 Å². The van der Waals surface area contributed by atoms with E-state index in [4.69, 9.17) is 11.0 Å². The van der Waals surface area contributed by atoms with Crippen LogP contribution in [0.2, 0.25) is 0 Å². The van der Waals surface area contributed by atoms with Crippen LogP contribution in [0.1, 0.15) is 12.5 Å². The highest BCUT2D eigenvalue weighted by Gasteiger charge is 2.25. The van der Waals surface area contributed by atoms with Crippen LogP contribution in [-0.4, -0.2) is 43.2 Å². The van der Waals surface area contributed by atoms with Crippen molar-refractivity contribution in [2.24, 2.45) is 5.73 Å². The fourth-order valence-electron chi connectivity index (χ4n) is 2.49. The molecule has 0 radical (unpaired) electrons. The number of hydrogen-bond donors (Lipinski definition) is 1. The summed E-state index contributed by atoms with van der Waals surface area (Å²) in [5.41, 5.74) is 7.73. The number of piperazine rings is 1. The maximum absolute atomic E-state index is 8.97. The van der Waals surface area contributed by atoms with Gasteiger partial charge >= 0.3 is 0 Å². The van der Waals surface area contributed by atoms with Crippen molar-refractivity contribution >= 4 is 5.69 Å². The molecule has 1 aromatic carbocycles. The summed E-state index contributed by atoms with van der Waals surface area (Å²) in [7, 11) is 0. The van der Waals surface area contributed by atoms with Crippen LogP contribution in [0.15, 0.2) is 24.3 Å². The van der Waals surface area contributed by atoms with Gasteiger partial charge in [0.2, 0.25) is 0 Å². The van der Waals surface area contributed by atoms with Gasteiger partial charge in [-0.3, -0.25) is 4.90 Å². The fraction of sp³-hybridized carbons (Fsp3) is 0.533. The summed E-state index contributed by atoms with van der Waals surface area (Å²) >= 11 is 0. The summed E-state index contributed by atoms with van der Waals surface area (Å²) < 4.78 is 0. The Balaban J connectivity index is 1.91. The van der Waals surface area contributed by atoms with Gasteiger partial charge in [0.1, 0.15) is 5.54 Å². The molecule has 1 aliphatic heterocycles. The molecule has 0 spiro atoms. The number of nitriles is 1. The van der Waals surface area contributed by atoms with E-state index in [9.17, 15) is 0 Å². The van der Waals surface area contributed by atoms with E-state index < -0.39 is 5.54 Å². The van der Waals surface area contributed by atoms with Gasteiger partial charge in [-0.25, -0.2) is 0 Å². The lowest BCUT2D eigenvalue weighted by Gasteiger charge is -2.38. The Labute approximate surface area is 115 Å². The predicted molar refractivity (Wildman–Crippen MR) is 78.0 cm³/mol. The zero-order valence-electron chi connectivity index (χ0n) is 11.8. The van der Waals surface area contributed by atoms with E-state index in [0.717, 1.165) is 26.2 Å². The first kappa shape index (κ1) is 13.9. The van der Waals surface area contributed by atoms with Crippen molar-refractivity contribution in [1.82, 2.24) is 4.90 Å². The van der Waals surface area contributed by atoms with Crippen molar-refractivity contribution in [3.8, 4) is 6.07 Å². The lowest BCUT2D eigenvalue weighted by Crippen LogP contribution is -2.53. The Morgan fingerprint density at radius 3 is 2.58 bits per heavy atom. The molecule has 0 amide bonds. The van der Waals surface area contributed by atoms with Gasteiger partial charge in [-0.2, -0.15) is 5.26 Å². The molecular weight excluding hydrogens is 236 g/mol. The minimum Gasteiger partial charge on any atom is -0.369 e. The molecule has 1 saturated heterocycles. The van der Waals surface area contributed by atoms with Crippen molar-refractivity contribution in [2.75, 3.05) is 37.6 Å². The maximum atomic E-state index is 8.97. The number of nitrogens with zero attached hydrogens (tertiary/aromatic N) is 3. The van der Waals surface area contributed by atoms with E-state index in [1.807, 2.05) is 0 Å². The molecule has 102 valence electrons. The quantitative estimate of drug-likeness (QED) is 0.889. The van der Waals surface area contributed by atoms with Gasteiger partial charge in [0.25, 0.3) is 0 Å². The Morgan fingerprint density at radius 2 is 2.00 bits per heavy atom. The molecule has 2 rings (SSSR count). The molecule has 0 aliphatic carbocycles. The first-order chi connectivity index (χ1) is 9.00. The van der Waals surface area contributed by atoms with Crippen LogP contribution in [0.25, 0.3) is 0 Å². The molecule has 1 atom stereocenters. The number of hydrogen-bond acceptors (Lipinski definition) is 4. The average Bonchev–Trinajstić information content (AvgIpc) is 2.39. The van der Waals surface area contributed by atoms with Gasteiger partial charge in [-0.15, -0.1) is 0 Å². The minimum atomic E-state index is -0.745. The zero-order valence-corrected chi connectivity index (χ0v) is 11.8. The molecule has 4 heteroatoms. The topological polar surface area (TPSA) is 56.3 Å². The van der Waals surface area contributed by atoms with Gasteiger partial charge < -0.3 is 10.6 Å². The highest BCUT2D eigenvalue weighted by Crippen LogP contribution is 2.18. The van der Waals surface area contributed by atoms with Crippen LogP contribution in [0.5, 0.6) is 0 Å². The molecule has 1 heterocycles. The lowest BCUT2D eigenvalue weighted by atomic mass is 10.1. The molecule has 1 fully saturated rings. The van der Waals surface area contributed by atoms with Crippen LogP contribution in [0.4, 0.5) is 5.69 Å². The first-order valence-corrected chi connectivity index (χ1v) is 6.74. The van der Waals surface area contributed by atoms with Crippen LogP contribution < -0.4 is 10.6 Å². The fourth-order valence-corrected chi connectivity index (χ4v) is 2.49. The van der Waals surface area contributed by atoms with Crippen molar-refractivity contribution < 1.29 is 0 Å². The van der Waals surface area contributed by atoms with E-state index in [0.29, 0.717) is 6.54 Å². The number of rotatable bonds is 3. The third-order valence-electron chi connectivity index (χ3n) is 3.55. The monoisotopic (exact) mass is 258 g/mol. The van der Waals surface area contributed by atoms with Gasteiger partial charge in [0.15, 0.2) is 0 Å². The van der Waals surface area contributed by atoms with E-state index in [2.05, 4.69) is 47.1 Å². The summed E-state index contributed by atoms with van der Waals surface area (Å²) in [5, 5.41) is 8.97. The summed E-state index contributed by atoms with van der Waals surface area (Å²) in [6.45, 7) is 8.46. The molecule has 0 saturated carbocycles. The van der Waals surface area contributed by atoms with Gasteiger partial charge in [0, 0.05) is 38.4 Å². The molecule has 19 heavy (non-hydrogen) atoms. The number of nitrogens with two attached hydrogens (primary N) is 1. The zero-order chi connectivity index (χ0) is 13.9. The second-order valence-electron chi connectivity index (χ2n) is 5.63. The molecule has 1 aliphatic rings. The van der Waals surface area contributed by atoms with Crippen molar-refractivity contribution in [1.29, 1.82) is 5.26 Å². The molecule has 4 nitrogen and oxygen atoms in total. The Bertz CT molecular complexity index is 467. The Morgan fingerprint density at radius 1 is 1.32 bits per heavy atom. The van der Waals surface area contributed by atoms with Crippen molar-refractivity contribution in [3.63, 3.8) is 0 Å². The average molecular weight is 258 g/mol. The van der Waals surface area contributed by atoms with Gasteiger partial charge in [-0.05, 0) is 31.5 Å². The van der Waals surface area contributed by atoms with Crippen LogP contribution in [0, 0.1) is 18.3 Å². The number of anilines is 1. The van der Waals surface area contributed by atoms with Crippen LogP contribution >= 0.6 is 0 Å². The summed E-state index contributed by atoms with van der Waals surface area (Å²) in [5.74, 6) is 0. The molecule has 1 unspecified atom stereocenters. The standard InChI is InChI=1S/C15H22N4/c1-13-4-3-5-14(10-13)19-8-6-18(7-9-19)12-15(2,17)11-16/h3-5,10H,6-9,12,17H2,1-2H3. The third-order valence-corrected chi connectivity index (χ3v) is 3.55. The van der Waals surface area contributed by atoms with E-state index in [1.165, 1.54) is 11.3 Å². The third kappa shape index (κ3) is 3.69. The van der Waals surface area contributed by atoms with Crippen LogP contribution in [-0.2, 0) is 0 Å². The minimum absolute atomic E-state index is 0.644. The molecule has 0 aromatic heterocycles. The highest BCUT2D eigenvalue weighted by molar-refractivity contribution is 5.48. The number of aryl methyl sites for hydroxylation is 1. The second kappa shape index (κ2) is 5.60.